The molecule has 6 nitrogen and oxygen atoms in total. The highest BCUT2D eigenvalue weighted by atomic mass is 16.5. The maximum absolute atomic E-state index is 5.76. The number of hydrogen-bond acceptors (Lipinski definition) is 5. The lowest BCUT2D eigenvalue weighted by Crippen LogP contribution is -1.94. The number of anilines is 3. The first-order valence-electron chi connectivity index (χ1n) is 6.43. The van der Waals surface area contributed by atoms with Gasteiger partial charge in [-0.3, -0.25) is 0 Å². The fraction of sp³-hybridized carbons (Fsp3) is 0.133. The summed E-state index contributed by atoms with van der Waals surface area (Å²) in [5.74, 6) is 2.04. The molecule has 2 aromatic carbocycles. The van der Waals surface area contributed by atoms with Crippen LogP contribution in [-0.4, -0.2) is 24.2 Å². The minimum absolute atomic E-state index is 0.630. The molecule has 0 saturated carbocycles. The molecule has 0 saturated heterocycles. The van der Waals surface area contributed by atoms with E-state index in [1.807, 2.05) is 36.4 Å². The first kappa shape index (κ1) is 13.1. The van der Waals surface area contributed by atoms with E-state index in [1.54, 1.807) is 14.2 Å². The van der Waals surface area contributed by atoms with Crippen molar-refractivity contribution in [3.05, 3.63) is 36.4 Å². The van der Waals surface area contributed by atoms with Crippen LogP contribution in [0.1, 0.15) is 0 Å². The zero-order valence-electron chi connectivity index (χ0n) is 11.8. The first-order chi connectivity index (χ1) is 10.2. The van der Waals surface area contributed by atoms with Crippen molar-refractivity contribution in [2.45, 2.75) is 0 Å². The lowest BCUT2D eigenvalue weighted by Gasteiger charge is -2.08. The van der Waals surface area contributed by atoms with Crippen molar-refractivity contribution < 1.29 is 9.47 Å². The summed E-state index contributed by atoms with van der Waals surface area (Å²) < 4.78 is 10.5. The number of fused-ring (bicyclic) bond motifs is 1. The summed E-state index contributed by atoms with van der Waals surface area (Å²) in [6.45, 7) is 0. The number of nitrogens with two attached hydrogens (primary N) is 1. The Morgan fingerprint density at radius 3 is 2.43 bits per heavy atom. The molecule has 6 heteroatoms. The zero-order chi connectivity index (χ0) is 14.8. The minimum atomic E-state index is 0.630. The summed E-state index contributed by atoms with van der Waals surface area (Å²) >= 11 is 0. The molecule has 0 aliphatic carbocycles. The van der Waals surface area contributed by atoms with Gasteiger partial charge < -0.3 is 25.5 Å². The van der Waals surface area contributed by atoms with Gasteiger partial charge in [0.15, 0.2) is 0 Å². The fourth-order valence-corrected chi connectivity index (χ4v) is 2.10. The molecule has 0 atom stereocenters. The molecule has 0 amide bonds. The molecule has 0 radical (unpaired) electrons. The molecule has 1 aromatic heterocycles. The monoisotopic (exact) mass is 284 g/mol. The van der Waals surface area contributed by atoms with Crippen molar-refractivity contribution in [2.24, 2.45) is 0 Å². The second kappa shape index (κ2) is 5.24. The van der Waals surface area contributed by atoms with Crippen LogP contribution in [0.25, 0.3) is 11.0 Å². The molecular formula is C15H16N4O2. The summed E-state index contributed by atoms with van der Waals surface area (Å²) in [4.78, 5) is 7.63. The summed E-state index contributed by atoms with van der Waals surface area (Å²) in [5, 5.41) is 3.19. The van der Waals surface area contributed by atoms with E-state index in [2.05, 4.69) is 15.3 Å². The molecule has 3 aromatic rings. The molecular weight excluding hydrogens is 268 g/mol. The Labute approximate surface area is 121 Å². The Morgan fingerprint density at radius 1 is 1.05 bits per heavy atom. The maximum Gasteiger partial charge on any atom is 0.205 e. The van der Waals surface area contributed by atoms with Gasteiger partial charge in [-0.2, -0.15) is 0 Å². The van der Waals surface area contributed by atoms with Crippen LogP contribution in [0.4, 0.5) is 17.3 Å². The number of ether oxygens (including phenoxy) is 2. The molecule has 0 bridgehead atoms. The van der Waals surface area contributed by atoms with Gasteiger partial charge in [-0.15, -0.1) is 0 Å². The summed E-state index contributed by atoms with van der Waals surface area (Å²) in [7, 11) is 3.23. The molecule has 0 spiro atoms. The van der Waals surface area contributed by atoms with E-state index in [0.29, 0.717) is 23.1 Å². The highest BCUT2D eigenvalue weighted by Gasteiger charge is 2.06. The van der Waals surface area contributed by atoms with Gasteiger partial charge in [-0.1, -0.05) is 0 Å². The van der Waals surface area contributed by atoms with E-state index in [0.717, 1.165) is 16.7 Å². The van der Waals surface area contributed by atoms with Crippen LogP contribution in [0, 0.1) is 0 Å². The van der Waals surface area contributed by atoms with E-state index >= 15 is 0 Å². The number of nitrogens with zero attached hydrogens (tertiary/aromatic N) is 1. The van der Waals surface area contributed by atoms with Gasteiger partial charge >= 0.3 is 0 Å². The third-order valence-corrected chi connectivity index (χ3v) is 3.12. The van der Waals surface area contributed by atoms with Crippen LogP contribution in [0.15, 0.2) is 36.4 Å². The lowest BCUT2D eigenvalue weighted by atomic mass is 10.3. The topological polar surface area (TPSA) is 85.2 Å². The number of H-pyrrole nitrogens is 1. The van der Waals surface area contributed by atoms with E-state index < -0.39 is 0 Å². The molecule has 3 rings (SSSR count). The number of nitrogen functional groups attached to an aromatic ring is 1. The predicted molar refractivity (Wildman–Crippen MR) is 83.3 cm³/mol. The largest absolute Gasteiger partial charge is 0.497 e. The van der Waals surface area contributed by atoms with Crippen molar-refractivity contribution in [1.29, 1.82) is 0 Å². The zero-order valence-corrected chi connectivity index (χ0v) is 11.8. The average molecular weight is 284 g/mol. The smallest absolute Gasteiger partial charge is 0.205 e. The summed E-state index contributed by atoms with van der Waals surface area (Å²) in [6.07, 6.45) is 0. The Hall–Kier alpha value is -2.89. The van der Waals surface area contributed by atoms with Gasteiger partial charge in [-0.05, 0) is 18.2 Å². The van der Waals surface area contributed by atoms with Crippen molar-refractivity contribution in [2.75, 3.05) is 25.3 Å². The van der Waals surface area contributed by atoms with E-state index in [-0.39, 0.29) is 0 Å². The number of imidazole rings is 1. The van der Waals surface area contributed by atoms with Crippen molar-refractivity contribution in [1.82, 2.24) is 9.97 Å². The molecule has 0 unspecified atom stereocenters. The standard InChI is InChI=1S/C15H16N4O2/c1-20-11-6-10(7-12(8-11)21-2)17-15-18-13-4-3-9(16)5-14(13)19-15/h3-8H,16H2,1-2H3,(H2,17,18,19). The number of hydrogen-bond donors (Lipinski definition) is 3. The molecule has 108 valence electrons. The van der Waals surface area contributed by atoms with Crippen LogP contribution in [0.5, 0.6) is 11.5 Å². The van der Waals surface area contributed by atoms with E-state index in [1.165, 1.54) is 0 Å². The van der Waals surface area contributed by atoms with Crippen molar-refractivity contribution >= 4 is 28.4 Å². The van der Waals surface area contributed by atoms with Gasteiger partial charge in [0.25, 0.3) is 0 Å². The van der Waals surface area contributed by atoms with Crippen molar-refractivity contribution in [3.8, 4) is 11.5 Å². The van der Waals surface area contributed by atoms with Gasteiger partial charge in [-0.25, -0.2) is 4.98 Å². The molecule has 21 heavy (non-hydrogen) atoms. The maximum atomic E-state index is 5.76. The Bertz CT molecular complexity index is 760. The highest BCUT2D eigenvalue weighted by molar-refractivity contribution is 5.81. The van der Waals surface area contributed by atoms with Crippen LogP contribution < -0.4 is 20.5 Å². The number of rotatable bonds is 4. The predicted octanol–water partition coefficient (Wildman–Crippen LogP) is 2.91. The van der Waals surface area contributed by atoms with Crippen LogP contribution in [-0.2, 0) is 0 Å². The summed E-state index contributed by atoms with van der Waals surface area (Å²) in [6, 6.07) is 11.1. The lowest BCUT2D eigenvalue weighted by molar-refractivity contribution is 0.395. The molecule has 1 heterocycles. The molecule has 4 N–H and O–H groups in total. The van der Waals surface area contributed by atoms with Crippen LogP contribution >= 0.6 is 0 Å². The van der Waals surface area contributed by atoms with Crippen molar-refractivity contribution in [3.63, 3.8) is 0 Å². The fourth-order valence-electron chi connectivity index (χ4n) is 2.10. The molecule has 0 fully saturated rings. The first-order valence-corrected chi connectivity index (χ1v) is 6.43. The number of nitrogens with one attached hydrogen (secondary N) is 2. The Morgan fingerprint density at radius 2 is 1.76 bits per heavy atom. The van der Waals surface area contributed by atoms with E-state index in [9.17, 15) is 0 Å². The van der Waals surface area contributed by atoms with Gasteiger partial charge in [0.2, 0.25) is 5.95 Å². The third kappa shape index (κ3) is 2.69. The highest BCUT2D eigenvalue weighted by Crippen LogP contribution is 2.28. The van der Waals surface area contributed by atoms with Crippen LogP contribution in [0.3, 0.4) is 0 Å². The number of benzene rings is 2. The second-order valence-corrected chi connectivity index (χ2v) is 4.59. The Kier molecular flexibility index (Phi) is 3.27. The van der Waals surface area contributed by atoms with Gasteiger partial charge in [0.05, 0.1) is 25.3 Å². The van der Waals surface area contributed by atoms with Gasteiger partial charge in [0.1, 0.15) is 11.5 Å². The molecule has 0 aliphatic heterocycles. The number of methoxy groups -OCH3 is 2. The number of aromatic nitrogens is 2. The SMILES string of the molecule is COc1cc(Nc2nc3ccc(N)cc3[nH]2)cc(OC)c1. The normalized spacial score (nSPS) is 10.6. The third-order valence-electron chi connectivity index (χ3n) is 3.12. The van der Waals surface area contributed by atoms with Gasteiger partial charge in [0, 0.05) is 29.6 Å². The minimum Gasteiger partial charge on any atom is -0.497 e. The average Bonchev–Trinajstić information content (AvgIpc) is 2.87. The Balaban J connectivity index is 1.94. The second-order valence-electron chi connectivity index (χ2n) is 4.59. The molecule has 0 aliphatic rings. The quantitative estimate of drug-likeness (QED) is 0.641. The van der Waals surface area contributed by atoms with Crippen LogP contribution in [0.2, 0.25) is 0 Å². The summed E-state index contributed by atoms with van der Waals surface area (Å²) in [5.41, 5.74) is 9.00. The number of aromatic amines is 1. The van der Waals surface area contributed by atoms with E-state index in [4.69, 9.17) is 15.2 Å².